The Morgan fingerprint density at radius 2 is 2.20 bits per heavy atom. The summed E-state index contributed by atoms with van der Waals surface area (Å²) >= 11 is 1.84. The second kappa shape index (κ2) is 5.40. The molecule has 1 aromatic heterocycles. The van der Waals surface area contributed by atoms with Crippen LogP contribution in [0.1, 0.15) is 39.1 Å². The average Bonchev–Trinajstić information content (AvgIpc) is 2.59. The molecule has 0 saturated heterocycles. The van der Waals surface area contributed by atoms with Gasteiger partial charge in [0.1, 0.15) is 0 Å². The maximum atomic E-state index is 4.20. The van der Waals surface area contributed by atoms with Gasteiger partial charge in [0.05, 0.1) is 5.69 Å². The number of nitrogens with zero attached hydrogens (tertiary/aromatic N) is 1. The molecule has 0 atom stereocenters. The molecule has 0 saturated carbocycles. The molecule has 0 aromatic carbocycles. The fourth-order valence-corrected chi connectivity index (χ4v) is 1.89. The minimum Gasteiger partial charge on any atom is -0.282 e. The van der Waals surface area contributed by atoms with Crippen LogP contribution in [0, 0.1) is 5.41 Å². The number of rotatable bonds is 4. The highest BCUT2D eigenvalue weighted by Gasteiger charge is 2.08. The molecule has 1 aromatic rings. The van der Waals surface area contributed by atoms with Crippen LogP contribution in [0.15, 0.2) is 11.5 Å². The lowest BCUT2D eigenvalue weighted by Crippen LogP contribution is -2.07. The van der Waals surface area contributed by atoms with E-state index >= 15 is 0 Å². The Morgan fingerprint density at radius 1 is 1.47 bits per heavy atom. The van der Waals surface area contributed by atoms with Gasteiger partial charge in [0, 0.05) is 11.4 Å². The summed E-state index contributed by atoms with van der Waals surface area (Å²) in [6.45, 7) is 8.86. The van der Waals surface area contributed by atoms with Crippen LogP contribution in [-0.2, 0) is 6.42 Å². The molecular formula is C12H20N2S. The molecule has 1 heterocycles. The third kappa shape index (κ3) is 5.07. The van der Waals surface area contributed by atoms with E-state index in [1.807, 2.05) is 11.8 Å². The van der Waals surface area contributed by atoms with E-state index in [0.717, 1.165) is 17.9 Å². The van der Waals surface area contributed by atoms with E-state index in [1.54, 1.807) is 0 Å². The molecular weight excluding hydrogens is 204 g/mol. The van der Waals surface area contributed by atoms with Gasteiger partial charge in [-0.2, -0.15) is 5.10 Å². The maximum absolute atomic E-state index is 4.20. The van der Waals surface area contributed by atoms with Gasteiger partial charge in [0.2, 0.25) is 0 Å². The maximum Gasteiger partial charge on any atom is 0.0856 e. The number of aromatic amines is 1. The number of hydrogen-bond donors (Lipinski definition) is 1. The van der Waals surface area contributed by atoms with Crippen LogP contribution < -0.4 is 0 Å². The van der Waals surface area contributed by atoms with Gasteiger partial charge in [-0.05, 0) is 29.4 Å². The Morgan fingerprint density at radius 3 is 2.73 bits per heavy atom. The fraction of sp³-hybridized carbons (Fsp3) is 0.583. The second-order valence-electron chi connectivity index (χ2n) is 4.85. The first-order valence-electron chi connectivity index (χ1n) is 5.34. The number of aromatic nitrogens is 2. The van der Waals surface area contributed by atoms with Crippen molar-refractivity contribution in [1.29, 1.82) is 0 Å². The normalized spacial score (nSPS) is 12.5. The zero-order chi connectivity index (χ0) is 11.3. The Balaban J connectivity index is 2.38. The standard InChI is InChI=1S/C12H20N2S/c1-5-10-8-11(14-13-10)6-7-15-9-12(2,3)4/h6-8H,5,9H2,1-4H3,(H,13,14). The molecule has 84 valence electrons. The van der Waals surface area contributed by atoms with Crippen molar-refractivity contribution in [3.63, 3.8) is 0 Å². The van der Waals surface area contributed by atoms with Gasteiger partial charge in [-0.3, -0.25) is 5.10 Å². The van der Waals surface area contributed by atoms with Gasteiger partial charge in [-0.1, -0.05) is 27.7 Å². The third-order valence-electron chi connectivity index (χ3n) is 1.88. The summed E-state index contributed by atoms with van der Waals surface area (Å²) in [4.78, 5) is 0. The van der Waals surface area contributed by atoms with Crippen LogP contribution in [-0.4, -0.2) is 16.0 Å². The van der Waals surface area contributed by atoms with Crippen LogP contribution >= 0.6 is 11.8 Å². The Hall–Kier alpha value is -0.700. The van der Waals surface area contributed by atoms with Crippen molar-refractivity contribution in [2.75, 3.05) is 5.75 Å². The summed E-state index contributed by atoms with van der Waals surface area (Å²) in [7, 11) is 0. The number of thioether (sulfide) groups is 1. The van der Waals surface area contributed by atoms with E-state index in [-0.39, 0.29) is 0 Å². The first kappa shape index (κ1) is 12.4. The van der Waals surface area contributed by atoms with Crippen LogP contribution in [0.2, 0.25) is 0 Å². The predicted octanol–water partition coefficient (Wildman–Crippen LogP) is 3.72. The lowest BCUT2D eigenvalue weighted by molar-refractivity contribution is 0.481. The van der Waals surface area contributed by atoms with Gasteiger partial charge < -0.3 is 0 Å². The Kier molecular flexibility index (Phi) is 4.45. The van der Waals surface area contributed by atoms with Crippen LogP contribution in [0.25, 0.3) is 6.08 Å². The van der Waals surface area contributed by atoms with Crippen molar-refractivity contribution in [2.45, 2.75) is 34.1 Å². The molecule has 0 radical (unpaired) electrons. The van der Waals surface area contributed by atoms with Crippen LogP contribution in [0.5, 0.6) is 0 Å². The van der Waals surface area contributed by atoms with Crippen LogP contribution in [0.3, 0.4) is 0 Å². The fourth-order valence-electron chi connectivity index (χ4n) is 1.06. The van der Waals surface area contributed by atoms with E-state index < -0.39 is 0 Å². The highest BCUT2D eigenvalue weighted by atomic mass is 32.2. The Labute approximate surface area is 96.5 Å². The molecule has 3 heteroatoms. The lowest BCUT2D eigenvalue weighted by atomic mass is 10.0. The van der Waals surface area contributed by atoms with Crippen molar-refractivity contribution in [1.82, 2.24) is 10.2 Å². The van der Waals surface area contributed by atoms with Gasteiger partial charge >= 0.3 is 0 Å². The van der Waals surface area contributed by atoms with E-state index in [9.17, 15) is 0 Å². The summed E-state index contributed by atoms with van der Waals surface area (Å²) in [5.41, 5.74) is 2.60. The van der Waals surface area contributed by atoms with Gasteiger partial charge in [0.15, 0.2) is 0 Å². The topological polar surface area (TPSA) is 28.7 Å². The van der Waals surface area contributed by atoms with E-state index in [1.165, 1.54) is 5.69 Å². The highest BCUT2D eigenvalue weighted by molar-refractivity contribution is 8.02. The lowest BCUT2D eigenvalue weighted by Gasteiger charge is -2.15. The summed E-state index contributed by atoms with van der Waals surface area (Å²) in [6, 6.07) is 2.09. The smallest absolute Gasteiger partial charge is 0.0856 e. The summed E-state index contributed by atoms with van der Waals surface area (Å²) in [5.74, 6) is 1.13. The molecule has 15 heavy (non-hydrogen) atoms. The van der Waals surface area contributed by atoms with Gasteiger partial charge in [-0.25, -0.2) is 0 Å². The van der Waals surface area contributed by atoms with Crippen molar-refractivity contribution >= 4 is 17.8 Å². The first-order valence-corrected chi connectivity index (χ1v) is 6.38. The number of aryl methyl sites for hydroxylation is 1. The molecule has 1 N–H and O–H groups in total. The quantitative estimate of drug-likeness (QED) is 0.844. The van der Waals surface area contributed by atoms with Gasteiger partial charge in [0.25, 0.3) is 0 Å². The van der Waals surface area contributed by atoms with E-state index in [2.05, 4.69) is 55.4 Å². The SMILES string of the molecule is CCc1cc(C=CSCC(C)(C)C)n[nH]1. The number of nitrogens with one attached hydrogen (secondary N) is 1. The van der Waals surface area contributed by atoms with Gasteiger partial charge in [-0.15, -0.1) is 11.8 Å². The summed E-state index contributed by atoms with van der Waals surface area (Å²) in [5, 5.41) is 9.32. The molecule has 1 rings (SSSR count). The van der Waals surface area contributed by atoms with E-state index in [4.69, 9.17) is 0 Å². The second-order valence-corrected chi connectivity index (χ2v) is 5.74. The predicted molar refractivity (Wildman–Crippen MR) is 68.9 cm³/mol. The minimum absolute atomic E-state index is 0.384. The molecule has 0 fully saturated rings. The highest BCUT2D eigenvalue weighted by Crippen LogP contribution is 2.21. The molecule has 0 amide bonds. The minimum atomic E-state index is 0.384. The van der Waals surface area contributed by atoms with Crippen LogP contribution in [0.4, 0.5) is 0 Å². The molecule has 2 nitrogen and oxygen atoms in total. The van der Waals surface area contributed by atoms with Crippen molar-refractivity contribution < 1.29 is 0 Å². The monoisotopic (exact) mass is 224 g/mol. The average molecular weight is 224 g/mol. The molecule has 0 aliphatic carbocycles. The zero-order valence-electron chi connectivity index (χ0n) is 10.0. The summed E-state index contributed by atoms with van der Waals surface area (Å²) < 4.78 is 0. The molecule has 0 bridgehead atoms. The number of H-pyrrole nitrogens is 1. The zero-order valence-corrected chi connectivity index (χ0v) is 10.8. The van der Waals surface area contributed by atoms with Crippen molar-refractivity contribution in [3.8, 4) is 0 Å². The van der Waals surface area contributed by atoms with Crippen molar-refractivity contribution in [3.05, 3.63) is 22.9 Å². The summed E-state index contributed by atoms with van der Waals surface area (Å²) in [6.07, 6.45) is 3.07. The third-order valence-corrected chi connectivity index (χ3v) is 3.24. The van der Waals surface area contributed by atoms with Crippen molar-refractivity contribution in [2.24, 2.45) is 5.41 Å². The Bertz CT molecular complexity index is 321. The first-order chi connectivity index (χ1) is 7.01. The molecule has 0 unspecified atom stereocenters. The number of hydrogen-bond acceptors (Lipinski definition) is 2. The molecule has 0 spiro atoms. The largest absolute Gasteiger partial charge is 0.282 e. The molecule has 0 aliphatic heterocycles. The molecule has 0 aliphatic rings. The van der Waals surface area contributed by atoms with E-state index in [0.29, 0.717) is 5.41 Å².